The van der Waals surface area contributed by atoms with Gasteiger partial charge in [0.05, 0.1) is 4.90 Å². The maximum Gasteiger partial charge on any atom is 0.240 e. The minimum atomic E-state index is -3.47. The standard InChI is InChI=1S/C16H24N2O4S/c1-22-13-3-10-17-23(20,21)15-7-5-14(6-8-15)9-12-18-11-2-4-16(18)19/h5-8,17H,2-4,9-13H2,1H3. The number of nitrogens with zero attached hydrogens (tertiary/aromatic N) is 1. The molecule has 0 atom stereocenters. The summed E-state index contributed by atoms with van der Waals surface area (Å²) in [5.74, 6) is 0.212. The van der Waals surface area contributed by atoms with Crippen LogP contribution in [0.5, 0.6) is 0 Å². The predicted molar refractivity (Wildman–Crippen MR) is 87.6 cm³/mol. The van der Waals surface area contributed by atoms with E-state index in [1.54, 1.807) is 19.2 Å². The van der Waals surface area contributed by atoms with Crippen molar-refractivity contribution in [2.45, 2.75) is 30.6 Å². The molecule has 1 saturated heterocycles. The van der Waals surface area contributed by atoms with E-state index < -0.39 is 10.0 Å². The second-order valence-electron chi connectivity index (χ2n) is 5.62. The van der Waals surface area contributed by atoms with Gasteiger partial charge in [-0.25, -0.2) is 13.1 Å². The molecule has 1 aliphatic rings. The van der Waals surface area contributed by atoms with Gasteiger partial charge >= 0.3 is 0 Å². The Kier molecular flexibility index (Phi) is 6.56. The van der Waals surface area contributed by atoms with Crippen LogP contribution in [-0.2, 0) is 26.0 Å². The van der Waals surface area contributed by atoms with E-state index in [2.05, 4.69) is 4.72 Å². The monoisotopic (exact) mass is 340 g/mol. The van der Waals surface area contributed by atoms with Gasteiger partial charge in [0.1, 0.15) is 0 Å². The van der Waals surface area contributed by atoms with Crippen molar-refractivity contribution < 1.29 is 17.9 Å². The van der Waals surface area contributed by atoms with Crippen LogP contribution < -0.4 is 4.72 Å². The SMILES string of the molecule is COCCCNS(=O)(=O)c1ccc(CCN2CCCC2=O)cc1. The lowest BCUT2D eigenvalue weighted by Crippen LogP contribution is -2.27. The Labute approximate surface area is 137 Å². The molecule has 1 aromatic carbocycles. The number of methoxy groups -OCH3 is 1. The maximum atomic E-state index is 12.1. The van der Waals surface area contributed by atoms with Gasteiger partial charge in [-0.15, -0.1) is 0 Å². The Morgan fingerprint density at radius 1 is 1.26 bits per heavy atom. The zero-order valence-corrected chi connectivity index (χ0v) is 14.3. The van der Waals surface area contributed by atoms with Gasteiger partial charge in [-0.3, -0.25) is 4.79 Å². The van der Waals surface area contributed by atoms with Crippen molar-refractivity contribution in [1.29, 1.82) is 0 Å². The summed E-state index contributed by atoms with van der Waals surface area (Å²) in [6.07, 6.45) is 2.96. The molecule has 1 aromatic rings. The summed E-state index contributed by atoms with van der Waals surface area (Å²) in [6.45, 7) is 2.41. The smallest absolute Gasteiger partial charge is 0.240 e. The summed E-state index contributed by atoms with van der Waals surface area (Å²) in [7, 11) is -1.88. The molecule has 0 spiro atoms. The summed E-state index contributed by atoms with van der Waals surface area (Å²) < 4.78 is 31.7. The average Bonchev–Trinajstić information content (AvgIpc) is 2.95. The fraction of sp³-hybridized carbons (Fsp3) is 0.562. The first kappa shape index (κ1) is 17.9. The first-order chi connectivity index (χ1) is 11.0. The van der Waals surface area contributed by atoms with Gasteiger partial charge < -0.3 is 9.64 Å². The van der Waals surface area contributed by atoms with Crippen LogP contribution in [0.1, 0.15) is 24.8 Å². The number of sulfonamides is 1. The van der Waals surface area contributed by atoms with E-state index in [1.807, 2.05) is 17.0 Å². The van der Waals surface area contributed by atoms with Gasteiger partial charge in [0.2, 0.25) is 15.9 Å². The molecule has 2 rings (SSSR count). The zero-order valence-electron chi connectivity index (χ0n) is 13.5. The van der Waals surface area contributed by atoms with Gasteiger partial charge in [-0.1, -0.05) is 12.1 Å². The largest absolute Gasteiger partial charge is 0.385 e. The van der Waals surface area contributed by atoms with Crippen LogP contribution in [-0.4, -0.2) is 52.6 Å². The molecular formula is C16H24N2O4S. The van der Waals surface area contributed by atoms with E-state index in [9.17, 15) is 13.2 Å². The summed E-state index contributed by atoms with van der Waals surface area (Å²) in [4.78, 5) is 13.7. The Hall–Kier alpha value is -1.44. The minimum Gasteiger partial charge on any atom is -0.385 e. The number of rotatable bonds is 9. The van der Waals surface area contributed by atoms with Gasteiger partial charge in [-0.05, 0) is 37.0 Å². The van der Waals surface area contributed by atoms with Crippen molar-refractivity contribution in [3.8, 4) is 0 Å². The lowest BCUT2D eigenvalue weighted by Gasteiger charge is -2.15. The first-order valence-electron chi connectivity index (χ1n) is 7.88. The number of nitrogens with one attached hydrogen (secondary N) is 1. The second-order valence-corrected chi connectivity index (χ2v) is 7.39. The van der Waals surface area contributed by atoms with Crippen LogP contribution >= 0.6 is 0 Å². The second kappa shape index (κ2) is 8.42. The summed E-state index contributed by atoms with van der Waals surface area (Å²) in [5.41, 5.74) is 1.03. The van der Waals surface area contributed by atoms with E-state index in [1.165, 1.54) is 0 Å². The number of amides is 1. The normalized spacial score (nSPS) is 15.3. The minimum absolute atomic E-state index is 0.212. The fourth-order valence-corrected chi connectivity index (χ4v) is 3.62. The van der Waals surface area contributed by atoms with E-state index in [0.29, 0.717) is 32.5 Å². The molecule has 1 N–H and O–H groups in total. The molecule has 6 nitrogen and oxygen atoms in total. The lowest BCUT2D eigenvalue weighted by molar-refractivity contribution is -0.127. The molecule has 1 amide bonds. The molecule has 0 aliphatic carbocycles. The predicted octanol–water partition coefficient (Wildman–Crippen LogP) is 1.17. The topological polar surface area (TPSA) is 75.7 Å². The summed E-state index contributed by atoms with van der Waals surface area (Å²) >= 11 is 0. The van der Waals surface area contributed by atoms with Crippen molar-refractivity contribution in [1.82, 2.24) is 9.62 Å². The number of likely N-dealkylation sites (tertiary alicyclic amines) is 1. The van der Waals surface area contributed by atoms with Crippen LogP contribution in [0, 0.1) is 0 Å². The third kappa shape index (κ3) is 5.30. The summed E-state index contributed by atoms with van der Waals surface area (Å²) in [6, 6.07) is 6.84. The van der Waals surface area contributed by atoms with Gasteiger partial charge in [-0.2, -0.15) is 0 Å². The highest BCUT2D eigenvalue weighted by atomic mass is 32.2. The first-order valence-corrected chi connectivity index (χ1v) is 9.36. The van der Waals surface area contributed by atoms with Crippen molar-refractivity contribution in [2.75, 3.05) is 33.4 Å². The molecule has 0 aromatic heterocycles. The number of hydrogen-bond acceptors (Lipinski definition) is 4. The molecule has 0 saturated carbocycles. The van der Waals surface area contributed by atoms with Crippen molar-refractivity contribution in [2.24, 2.45) is 0 Å². The Morgan fingerprint density at radius 3 is 2.61 bits per heavy atom. The van der Waals surface area contributed by atoms with Gasteiger partial charge in [0, 0.05) is 39.8 Å². The highest BCUT2D eigenvalue weighted by molar-refractivity contribution is 7.89. The van der Waals surface area contributed by atoms with Crippen molar-refractivity contribution >= 4 is 15.9 Å². The third-order valence-electron chi connectivity index (χ3n) is 3.89. The van der Waals surface area contributed by atoms with E-state index >= 15 is 0 Å². The molecule has 0 bridgehead atoms. The Balaban J connectivity index is 1.86. The van der Waals surface area contributed by atoms with Crippen LogP contribution in [0.4, 0.5) is 0 Å². The quantitative estimate of drug-likeness (QED) is 0.685. The van der Waals surface area contributed by atoms with Crippen molar-refractivity contribution in [3.05, 3.63) is 29.8 Å². The number of carbonyl (C=O) groups is 1. The molecular weight excluding hydrogens is 316 g/mol. The van der Waals surface area contributed by atoms with E-state index in [-0.39, 0.29) is 10.8 Å². The van der Waals surface area contributed by atoms with Crippen molar-refractivity contribution in [3.63, 3.8) is 0 Å². The van der Waals surface area contributed by atoms with Crippen LogP contribution in [0.25, 0.3) is 0 Å². The fourth-order valence-electron chi connectivity index (χ4n) is 2.55. The molecule has 0 radical (unpaired) electrons. The number of ether oxygens (including phenoxy) is 1. The number of carbonyl (C=O) groups excluding carboxylic acids is 1. The molecule has 1 heterocycles. The number of hydrogen-bond donors (Lipinski definition) is 1. The molecule has 1 aliphatic heterocycles. The molecule has 23 heavy (non-hydrogen) atoms. The molecule has 7 heteroatoms. The highest BCUT2D eigenvalue weighted by Gasteiger charge is 2.19. The average molecular weight is 340 g/mol. The zero-order chi connectivity index (χ0) is 16.7. The molecule has 1 fully saturated rings. The maximum absolute atomic E-state index is 12.1. The number of benzene rings is 1. The van der Waals surface area contributed by atoms with Crippen LogP contribution in [0.2, 0.25) is 0 Å². The van der Waals surface area contributed by atoms with Crippen LogP contribution in [0.15, 0.2) is 29.2 Å². The van der Waals surface area contributed by atoms with E-state index in [0.717, 1.165) is 24.9 Å². The van der Waals surface area contributed by atoms with Gasteiger partial charge in [0.15, 0.2) is 0 Å². The Morgan fingerprint density at radius 2 is 2.00 bits per heavy atom. The lowest BCUT2D eigenvalue weighted by atomic mass is 10.1. The summed E-state index contributed by atoms with van der Waals surface area (Å²) in [5, 5.41) is 0. The highest BCUT2D eigenvalue weighted by Crippen LogP contribution is 2.14. The Bertz CT molecular complexity index is 613. The van der Waals surface area contributed by atoms with Gasteiger partial charge in [0.25, 0.3) is 0 Å². The molecule has 128 valence electrons. The third-order valence-corrected chi connectivity index (χ3v) is 5.37. The van der Waals surface area contributed by atoms with Crippen LogP contribution in [0.3, 0.4) is 0 Å². The van der Waals surface area contributed by atoms with E-state index in [4.69, 9.17) is 4.74 Å². The molecule has 0 unspecified atom stereocenters.